The number of pyridine rings is 1. The van der Waals surface area contributed by atoms with Crippen LogP contribution in [-0.4, -0.2) is 56.4 Å². The number of para-hydroxylation sites is 1. The van der Waals surface area contributed by atoms with Crippen LogP contribution >= 0.6 is 0 Å². The summed E-state index contributed by atoms with van der Waals surface area (Å²) in [5, 5.41) is 5.00. The van der Waals surface area contributed by atoms with Crippen molar-refractivity contribution < 1.29 is 9.32 Å². The summed E-state index contributed by atoms with van der Waals surface area (Å²) in [5.74, 6) is 0.105. The maximum absolute atomic E-state index is 12.7. The molecular weight excluding hydrogens is 354 g/mol. The molecule has 0 spiro atoms. The van der Waals surface area contributed by atoms with Gasteiger partial charge in [-0.15, -0.1) is 0 Å². The molecule has 1 aliphatic rings. The maximum atomic E-state index is 12.7. The van der Waals surface area contributed by atoms with E-state index in [0.29, 0.717) is 5.69 Å². The molecule has 1 fully saturated rings. The van der Waals surface area contributed by atoms with E-state index in [4.69, 9.17) is 4.52 Å². The highest BCUT2D eigenvalue weighted by Crippen LogP contribution is 2.19. The largest absolute Gasteiger partial charge is 0.356 e. The topological polar surface area (TPSA) is 66.9 Å². The first-order valence-corrected chi connectivity index (χ1v) is 9.52. The Balaban J connectivity index is 1.20. The quantitative estimate of drug-likeness (QED) is 0.548. The van der Waals surface area contributed by atoms with Gasteiger partial charge in [-0.1, -0.05) is 23.4 Å². The van der Waals surface area contributed by atoms with Crippen molar-refractivity contribution >= 4 is 22.5 Å². The lowest BCUT2D eigenvalue weighted by Crippen LogP contribution is -2.48. The molecule has 7 heteroatoms. The van der Waals surface area contributed by atoms with E-state index in [1.807, 2.05) is 59.8 Å². The van der Waals surface area contributed by atoms with Crippen molar-refractivity contribution in [1.82, 2.24) is 24.3 Å². The van der Waals surface area contributed by atoms with Gasteiger partial charge in [-0.05, 0) is 24.3 Å². The molecule has 7 nitrogen and oxygen atoms in total. The summed E-state index contributed by atoms with van der Waals surface area (Å²) in [7, 11) is 0. The molecule has 1 amide bonds. The summed E-state index contributed by atoms with van der Waals surface area (Å²) in [6.07, 6.45) is 4.26. The number of carbonyl (C=O) groups excluding carboxylic acids is 1. The molecule has 4 aromatic rings. The van der Waals surface area contributed by atoms with Gasteiger partial charge < -0.3 is 13.8 Å². The van der Waals surface area contributed by atoms with Gasteiger partial charge in [-0.2, -0.15) is 0 Å². The van der Waals surface area contributed by atoms with Gasteiger partial charge in [0.05, 0.1) is 18.3 Å². The molecule has 1 aromatic carbocycles. The highest BCUT2D eigenvalue weighted by molar-refractivity contribution is 5.86. The fourth-order valence-corrected chi connectivity index (χ4v) is 3.81. The van der Waals surface area contributed by atoms with Gasteiger partial charge in [0.2, 0.25) is 5.91 Å². The third-order valence-corrected chi connectivity index (χ3v) is 5.38. The van der Waals surface area contributed by atoms with E-state index in [1.54, 1.807) is 0 Å². The summed E-state index contributed by atoms with van der Waals surface area (Å²) in [5.41, 5.74) is 3.58. The Labute approximate surface area is 162 Å². The molecule has 0 bridgehead atoms. The minimum atomic E-state index is 0.105. The fourth-order valence-electron chi connectivity index (χ4n) is 3.81. The van der Waals surface area contributed by atoms with Crippen molar-refractivity contribution in [2.24, 2.45) is 0 Å². The van der Waals surface area contributed by atoms with Crippen LogP contribution in [-0.2, 0) is 17.8 Å². The standard InChI is InChI=1S/C21H21N5O2/c27-21(13-18-17-5-1-2-6-19(17)28-23-18)25-11-9-24(10-12-25)15-16-14-22-20-7-3-4-8-26(16)20/h1-8,14H,9-13,15H2. The molecule has 142 valence electrons. The number of nitrogens with zero attached hydrogens (tertiary/aromatic N) is 5. The Bertz CT molecular complexity index is 1120. The molecule has 28 heavy (non-hydrogen) atoms. The lowest BCUT2D eigenvalue weighted by molar-refractivity contribution is -0.132. The number of amides is 1. The fraction of sp³-hybridized carbons (Fsp3) is 0.286. The van der Waals surface area contributed by atoms with Crippen molar-refractivity contribution in [2.75, 3.05) is 26.2 Å². The second-order valence-electron chi connectivity index (χ2n) is 7.14. The molecular formula is C21H21N5O2. The minimum absolute atomic E-state index is 0.105. The molecule has 0 aliphatic carbocycles. The van der Waals surface area contributed by atoms with Crippen LogP contribution in [0.3, 0.4) is 0 Å². The monoisotopic (exact) mass is 375 g/mol. The molecule has 5 rings (SSSR count). The highest BCUT2D eigenvalue weighted by atomic mass is 16.5. The molecule has 1 aliphatic heterocycles. The van der Waals surface area contributed by atoms with Crippen LogP contribution in [0, 0.1) is 0 Å². The lowest BCUT2D eigenvalue weighted by atomic mass is 10.1. The van der Waals surface area contributed by atoms with Crippen molar-refractivity contribution in [3.05, 3.63) is 66.2 Å². The molecule has 3 aromatic heterocycles. The number of hydrogen-bond donors (Lipinski definition) is 0. The van der Waals surface area contributed by atoms with Crippen LogP contribution in [0.2, 0.25) is 0 Å². The van der Waals surface area contributed by atoms with Gasteiger partial charge in [-0.25, -0.2) is 4.98 Å². The van der Waals surface area contributed by atoms with Gasteiger partial charge in [0.15, 0.2) is 5.58 Å². The average Bonchev–Trinajstić information content (AvgIpc) is 3.33. The summed E-state index contributed by atoms with van der Waals surface area (Å²) < 4.78 is 7.43. The zero-order valence-corrected chi connectivity index (χ0v) is 15.5. The predicted molar refractivity (Wildman–Crippen MR) is 105 cm³/mol. The first kappa shape index (κ1) is 16.9. The normalized spacial score (nSPS) is 15.5. The average molecular weight is 375 g/mol. The number of rotatable bonds is 4. The Hall–Kier alpha value is -3.19. The van der Waals surface area contributed by atoms with Gasteiger partial charge in [0, 0.05) is 44.3 Å². The van der Waals surface area contributed by atoms with Crippen LogP contribution < -0.4 is 0 Å². The third kappa shape index (κ3) is 3.14. The first-order valence-electron chi connectivity index (χ1n) is 9.52. The SMILES string of the molecule is O=C(Cc1noc2ccccc12)N1CCN(Cc2cnc3ccccn23)CC1. The van der Waals surface area contributed by atoms with Crippen LogP contribution in [0.15, 0.2) is 59.4 Å². The van der Waals surface area contributed by atoms with Crippen LogP contribution in [0.5, 0.6) is 0 Å². The van der Waals surface area contributed by atoms with E-state index in [-0.39, 0.29) is 12.3 Å². The Morgan fingerprint density at radius 3 is 2.75 bits per heavy atom. The molecule has 0 N–H and O–H groups in total. The number of aromatic nitrogens is 3. The minimum Gasteiger partial charge on any atom is -0.356 e. The number of imidazole rings is 1. The zero-order valence-electron chi connectivity index (χ0n) is 15.5. The Morgan fingerprint density at radius 2 is 1.86 bits per heavy atom. The van der Waals surface area contributed by atoms with E-state index in [2.05, 4.69) is 19.4 Å². The zero-order chi connectivity index (χ0) is 18.9. The van der Waals surface area contributed by atoms with E-state index in [9.17, 15) is 4.79 Å². The number of fused-ring (bicyclic) bond motifs is 2. The first-order chi connectivity index (χ1) is 13.8. The van der Waals surface area contributed by atoms with Crippen LogP contribution in [0.1, 0.15) is 11.4 Å². The van der Waals surface area contributed by atoms with Crippen molar-refractivity contribution in [3.63, 3.8) is 0 Å². The number of benzene rings is 1. The molecule has 4 heterocycles. The summed E-state index contributed by atoms with van der Waals surface area (Å²) in [6.45, 7) is 3.99. The van der Waals surface area contributed by atoms with Gasteiger partial charge >= 0.3 is 0 Å². The maximum Gasteiger partial charge on any atom is 0.228 e. The van der Waals surface area contributed by atoms with Gasteiger partial charge in [-0.3, -0.25) is 9.69 Å². The Kier molecular flexibility index (Phi) is 4.29. The smallest absolute Gasteiger partial charge is 0.228 e. The molecule has 0 atom stereocenters. The second-order valence-corrected chi connectivity index (χ2v) is 7.14. The van der Waals surface area contributed by atoms with Crippen LogP contribution in [0.4, 0.5) is 0 Å². The van der Waals surface area contributed by atoms with Gasteiger partial charge in [0.1, 0.15) is 11.3 Å². The van der Waals surface area contributed by atoms with Crippen molar-refractivity contribution in [2.45, 2.75) is 13.0 Å². The third-order valence-electron chi connectivity index (χ3n) is 5.38. The number of hydrogen-bond acceptors (Lipinski definition) is 5. The van der Waals surface area contributed by atoms with Gasteiger partial charge in [0.25, 0.3) is 0 Å². The predicted octanol–water partition coefficient (Wildman–Crippen LogP) is 2.36. The van der Waals surface area contributed by atoms with E-state index >= 15 is 0 Å². The molecule has 0 radical (unpaired) electrons. The Morgan fingerprint density at radius 1 is 1.04 bits per heavy atom. The van der Waals surface area contributed by atoms with E-state index in [0.717, 1.165) is 49.3 Å². The van der Waals surface area contributed by atoms with Crippen molar-refractivity contribution in [1.29, 1.82) is 0 Å². The molecule has 0 unspecified atom stereocenters. The number of carbonyl (C=O) groups is 1. The van der Waals surface area contributed by atoms with Crippen LogP contribution in [0.25, 0.3) is 16.6 Å². The van der Waals surface area contributed by atoms with E-state index < -0.39 is 0 Å². The second kappa shape index (κ2) is 7.09. The molecule has 1 saturated heterocycles. The highest BCUT2D eigenvalue weighted by Gasteiger charge is 2.23. The summed E-state index contributed by atoms with van der Waals surface area (Å²) in [6, 6.07) is 13.7. The summed E-state index contributed by atoms with van der Waals surface area (Å²) in [4.78, 5) is 21.5. The van der Waals surface area contributed by atoms with Crippen molar-refractivity contribution in [3.8, 4) is 0 Å². The number of piperazine rings is 1. The lowest BCUT2D eigenvalue weighted by Gasteiger charge is -2.34. The van der Waals surface area contributed by atoms with E-state index in [1.165, 1.54) is 5.69 Å². The summed E-state index contributed by atoms with van der Waals surface area (Å²) >= 11 is 0. The molecule has 0 saturated carbocycles.